The van der Waals surface area contributed by atoms with E-state index in [1.54, 1.807) is 0 Å². The number of carbonyl (C=O) groups excluding carboxylic acids is 1. The van der Waals surface area contributed by atoms with Crippen LogP contribution in [0.1, 0.15) is 12.0 Å². The second-order valence-corrected chi connectivity index (χ2v) is 4.74. The molecule has 0 radical (unpaired) electrons. The average molecular weight is 309 g/mol. The summed E-state index contributed by atoms with van der Waals surface area (Å²) in [7, 11) is 0. The third kappa shape index (κ3) is 3.41. The Hall–Kier alpha value is -1.90. The minimum atomic E-state index is -5.14. The van der Waals surface area contributed by atoms with Gasteiger partial charge in [-0.15, -0.1) is 0 Å². The van der Waals surface area contributed by atoms with Crippen LogP contribution in [0.4, 0.5) is 32.4 Å². The fourth-order valence-electron chi connectivity index (χ4n) is 2.09. The van der Waals surface area contributed by atoms with Crippen molar-refractivity contribution in [2.24, 2.45) is 5.73 Å². The van der Waals surface area contributed by atoms with Crippen LogP contribution in [0.25, 0.3) is 0 Å². The summed E-state index contributed by atoms with van der Waals surface area (Å²) < 4.78 is 63.9. The van der Waals surface area contributed by atoms with E-state index in [0.29, 0.717) is 25.1 Å². The molecule has 1 heterocycles. The lowest BCUT2D eigenvalue weighted by atomic mass is 10.1. The van der Waals surface area contributed by atoms with Gasteiger partial charge in [-0.05, 0) is 18.6 Å². The third-order valence-electron chi connectivity index (χ3n) is 3.09. The number of carbonyl (C=O) groups is 1. The first-order valence-corrected chi connectivity index (χ1v) is 6.06. The topological polar surface area (TPSA) is 58.4 Å². The van der Waals surface area contributed by atoms with Crippen molar-refractivity contribution in [3.63, 3.8) is 0 Å². The van der Waals surface area contributed by atoms with Gasteiger partial charge in [-0.25, -0.2) is 13.6 Å². The molecule has 1 aliphatic heterocycles. The van der Waals surface area contributed by atoms with Crippen molar-refractivity contribution in [3.8, 4) is 0 Å². The van der Waals surface area contributed by atoms with Crippen LogP contribution in [-0.4, -0.2) is 30.1 Å². The van der Waals surface area contributed by atoms with E-state index in [9.17, 15) is 26.7 Å². The maximum Gasteiger partial charge on any atom is 0.422 e. The number of nitrogens with zero attached hydrogens (tertiary/aromatic N) is 1. The van der Waals surface area contributed by atoms with Gasteiger partial charge in [0.25, 0.3) is 0 Å². The number of amides is 2. The lowest BCUT2D eigenvalue weighted by Crippen LogP contribution is -2.35. The Morgan fingerprint density at radius 3 is 2.29 bits per heavy atom. The Morgan fingerprint density at radius 1 is 1.29 bits per heavy atom. The molecule has 116 valence electrons. The fourth-order valence-corrected chi connectivity index (χ4v) is 2.09. The van der Waals surface area contributed by atoms with Gasteiger partial charge in [0, 0.05) is 24.8 Å². The number of nitrogens with one attached hydrogen (secondary N) is 1. The molecule has 0 unspecified atom stereocenters. The molecule has 0 aromatic heterocycles. The predicted octanol–water partition coefficient (Wildman–Crippen LogP) is 2.55. The van der Waals surface area contributed by atoms with Gasteiger partial charge in [0.15, 0.2) is 0 Å². The summed E-state index contributed by atoms with van der Waals surface area (Å²) in [6, 6.07) is 0.0120. The number of nitrogens with two attached hydrogens (primary N) is 1. The number of urea groups is 1. The predicted molar refractivity (Wildman–Crippen MR) is 64.5 cm³/mol. The van der Waals surface area contributed by atoms with Crippen molar-refractivity contribution in [2.45, 2.75) is 18.6 Å². The van der Waals surface area contributed by atoms with Crippen molar-refractivity contribution in [3.05, 3.63) is 29.3 Å². The van der Waals surface area contributed by atoms with Crippen molar-refractivity contribution in [1.82, 2.24) is 4.90 Å². The standard InChI is InChI=1S/C12H12F5N3O/c13-8-3-7(4-9(14)10(8)12(15,16)17)19-11(21)20-2-1-6(18)5-20/h3-4,6H,1-2,5,18H2,(H,19,21)/t6-/m0/s1. The number of rotatable bonds is 1. The molecule has 0 saturated carbocycles. The van der Waals surface area contributed by atoms with Crippen LogP contribution in [0.5, 0.6) is 0 Å². The van der Waals surface area contributed by atoms with Gasteiger partial charge in [0.1, 0.15) is 17.2 Å². The van der Waals surface area contributed by atoms with Gasteiger partial charge in [0.2, 0.25) is 0 Å². The molecule has 0 spiro atoms. The highest BCUT2D eigenvalue weighted by molar-refractivity contribution is 5.89. The summed E-state index contributed by atoms with van der Waals surface area (Å²) in [6.07, 6.45) is -4.55. The first-order valence-electron chi connectivity index (χ1n) is 6.06. The molecule has 1 atom stereocenters. The zero-order valence-corrected chi connectivity index (χ0v) is 10.7. The lowest BCUT2D eigenvalue weighted by molar-refractivity contribution is -0.142. The number of halogens is 5. The van der Waals surface area contributed by atoms with Crippen LogP contribution < -0.4 is 11.1 Å². The molecule has 1 aromatic rings. The molecule has 0 aliphatic carbocycles. The molecule has 0 bridgehead atoms. The monoisotopic (exact) mass is 309 g/mol. The number of alkyl halides is 3. The molecule has 1 aromatic carbocycles. The van der Waals surface area contributed by atoms with E-state index in [4.69, 9.17) is 5.73 Å². The fraction of sp³-hybridized carbons (Fsp3) is 0.417. The summed E-state index contributed by atoms with van der Waals surface area (Å²) in [6.45, 7) is 0.649. The normalized spacial score (nSPS) is 19.0. The summed E-state index contributed by atoms with van der Waals surface area (Å²) >= 11 is 0. The summed E-state index contributed by atoms with van der Waals surface area (Å²) in [5, 5.41) is 2.15. The molecule has 21 heavy (non-hydrogen) atoms. The van der Waals surface area contributed by atoms with Crippen LogP contribution in [-0.2, 0) is 6.18 Å². The van der Waals surface area contributed by atoms with Gasteiger partial charge < -0.3 is 16.0 Å². The first kappa shape index (κ1) is 15.5. The second kappa shape index (κ2) is 5.47. The van der Waals surface area contributed by atoms with Crippen LogP contribution in [0, 0.1) is 11.6 Å². The molecule has 1 fully saturated rings. The first-order chi connectivity index (χ1) is 9.68. The maximum absolute atomic E-state index is 13.4. The van der Waals surface area contributed by atoms with Gasteiger partial charge in [-0.3, -0.25) is 0 Å². The molecular formula is C12H12F5N3O. The molecule has 1 aliphatic rings. The highest BCUT2D eigenvalue weighted by atomic mass is 19.4. The molecule has 4 nitrogen and oxygen atoms in total. The number of hydrogen-bond acceptors (Lipinski definition) is 2. The number of benzene rings is 1. The van der Waals surface area contributed by atoms with E-state index in [1.165, 1.54) is 4.90 Å². The number of anilines is 1. The molecule has 9 heteroatoms. The molecule has 3 N–H and O–H groups in total. The summed E-state index contributed by atoms with van der Waals surface area (Å²) in [5.41, 5.74) is 3.24. The van der Waals surface area contributed by atoms with Crippen LogP contribution in [0.15, 0.2) is 12.1 Å². The third-order valence-corrected chi connectivity index (χ3v) is 3.09. The quantitative estimate of drug-likeness (QED) is 0.783. The van der Waals surface area contributed by atoms with Crippen molar-refractivity contribution in [2.75, 3.05) is 18.4 Å². The van der Waals surface area contributed by atoms with Crippen LogP contribution in [0.3, 0.4) is 0 Å². The van der Waals surface area contributed by atoms with E-state index in [0.717, 1.165) is 0 Å². The average Bonchev–Trinajstić information content (AvgIpc) is 2.72. The highest BCUT2D eigenvalue weighted by Gasteiger charge is 2.38. The van der Waals surface area contributed by atoms with E-state index >= 15 is 0 Å². The zero-order valence-electron chi connectivity index (χ0n) is 10.7. The Kier molecular flexibility index (Phi) is 4.04. The van der Waals surface area contributed by atoms with Crippen molar-refractivity contribution in [1.29, 1.82) is 0 Å². The zero-order chi connectivity index (χ0) is 15.8. The Labute approximate surface area is 116 Å². The largest absolute Gasteiger partial charge is 0.422 e. The summed E-state index contributed by atoms with van der Waals surface area (Å²) in [5.74, 6) is -3.56. The van der Waals surface area contributed by atoms with Gasteiger partial charge in [-0.2, -0.15) is 13.2 Å². The molecular weight excluding hydrogens is 297 g/mol. The summed E-state index contributed by atoms with van der Waals surface area (Å²) in [4.78, 5) is 13.1. The Balaban J connectivity index is 2.17. The highest BCUT2D eigenvalue weighted by Crippen LogP contribution is 2.34. The van der Waals surface area contributed by atoms with Gasteiger partial charge >= 0.3 is 12.2 Å². The van der Waals surface area contributed by atoms with E-state index in [-0.39, 0.29) is 18.3 Å². The van der Waals surface area contributed by atoms with E-state index < -0.39 is 29.4 Å². The van der Waals surface area contributed by atoms with E-state index in [1.807, 2.05) is 0 Å². The molecule has 1 saturated heterocycles. The van der Waals surface area contributed by atoms with Crippen molar-refractivity contribution < 1.29 is 26.7 Å². The lowest BCUT2D eigenvalue weighted by Gasteiger charge is -2.17. The maximum atomic E-state index is 13.4. The van der Waals surface area contributed by atoms with Gasteiger partial charge in [-0.1, -0.05) is 0 Å². The van der Waals surface area contributed by atoms with Gasteiger partial charge in [0.05, 0.1) is 0 Å². The van der Waals surface area contributed by atoms with E-state index in [2.05, 4.69) is 5.32 Å². The molecule has 2 amide bonds. The minimum absolute atomic E-state index is 0.183. The Morgan fingerprint density at radius 2 is 1.86 bits per heavy atom. The van der Waals surface area contributed by atoms with Crippen LogP contribution >= 0.6 is 0 Å². The minimum Gasteiger partial charge on any atom is -0.326 e. The SMILES string of the molecule is N[C@H]1CCN(C(=O)Nc2cc(F)c(C(F)(F)F)c(F)c2)C1. The van der Waals surface area contributed by atoms with Crippen molar-refractivity contribution >= 4 is 11.7 Å². The number of hydrogen-bond donors (Lipinski definition) is 2. The smallest absolute Gasteiger partial charge is 0.326 e. The molecule has 2 rings (SSSR count). The Bertz CT molecular complexity index is 537. The number of likely N-dealkylation sites (tertiary alicyclic amines) is 1. The van der Waals surface area contributed by atoms with Crippen LogP contribution in [0.2, 0.25) is 0 Å². The second-order valence-electron chi connectivity index (χ2n) is 4.74.